The number of hydrogen-bond acceptors (Lipinski definition) is 1. The zero-order valence-electron chi connectivity index (χ0n) is 13.5. The molecule has 122 valence electrons. The molecule has 1 N–H and O–H groups in total. The fourth-order valence-electron chi connectivity index (χ4n) is 4.57. The normalized spacial score (nSPS) is 37.3. The van der Waals surface area contributed by atoms with Crippen molar-refractivity contribution in [2.45, 2.75) is 89.4 Å². The fourth-order valence-corrected chi connectivity index (χ4v) is 4.82. The quantitative estimate of drug-likeness (QED) is 0.510. The number of carboxylic acid groups (broad SMARTS) is 1. The van der Waals surface area contributed by atoms with E-state index in [2.05, 4.69) is 6.92 Å². The lowest BCUT2D eigenvalue weighted by Crippen LogP contribution is -2.43. The van der Waals surface area contributed by atoms with E-state index in [0.29, 0.717) is 5.92 Å². The number of carboxylic acids is 1. The van der Waals surface area contributed by atoms with E-state index in [-0.39, 0.29) is 5.38 Å². The van der Waals surface area contributed by atoms with E-state index < -0.39 is 11.4 Å². The summed E-state index contributed by atoms with van der Waals surface area (Å²) < 4.78 is 0. The first-order valence-electron chi connectivity index (χ1n) is 8.96. The molecule has 0 bridgehead atoms. The van der Waals surface area contributed by atoms with Gasteiger partial charge in [0.1, 0.15) is 0 Å². The van der Waals surface area contributed by atoms with Crippen LogP contribution in [-0.2, 0) is 4.79 Å². The van der Waals surface area contributed by atoms with Crippen LogP contribution in [0.5, 0.6) is 0 Å². The summed E-state index contributed by atoms with van der Waals surface area (Å²) in [7, 11) is 0. The van der Waals surface area contributed by atoms with Gasteiger partial charge in [-0.1, -0.05) is 32.6 Å². The highest BCUT2D eigenvalue weighted by Crippen LogP contribution is 2.50. The summed E-state index contributed by atoms with van der Waals surface area (Å²) in [6.45, 7) is 2.24. The molecule has 0 spiro atoms. The zero-order chi connectivity index (χ0) is 15.3. The first-order chi connectivity index (χ1) is 10.1. The predicted molar refractivity (Wildman–Crippen MR) is 87.8 cm³/mol. The number of aliphatic carboxylic acids is 1. The molecule has 0 radical (unpaired) electrons. The molecule has 2 aliphatic rings. The number of alkyl halides is 1. The maximum absolute atomic E-state index is 12.0. The highest BCUT2D eigenvalue weighted by atomic mass is 35.5. The average Bonchev–Trinajstić information content (AvgIpc) is 2.49. The molecule has 0 unspecified atom stereocenters. The van der Waals surface area contributed by atoms with Gasteiger partial charge in [-0.3, -0.25) is 4.79 Å². The van der Waals surface area contributed by atoms with E-state index in [0.717, 1.165) is 57.3 Å². The van der Waals surface area contributed by atoms with E-state index in [1.165, 1.54) is 25.7 Å². The van der Waals surface area contributed by atoms with Gasteiger partial charge >= 0.3 is 5.97 Å². The standard InChI is InChI=1S/C18H31ClO2/c1-2-3-4-5-14-10-12-18(13-11-14,17(20)21)15-6-8-16(19)9-7-15/h14-16H,2-13H2,1H3,(H,20,21). The Morgan fingerprint density at radius 1 is 1.10 bits per heavy atom. The van der Waals surface area contributed by atoms with Crippen molar-refractivity contribution in [1.82, 2.24) is 0 Å². The van der Waals surface area contributed by atoms with Crippen molar-refractivity contribution >= 4 is 17.6 Å². The van der Waals surface area contributed by atoms with Crippen molar-refractivity contribution < 1.29 is 9.90 Å². The van der Waals surface area contributed by atoms with E-state index in [4.69, 9.17) is 11.6 Å². The number of halogens is 1. The average molecular weight is 315 g/mol. The lowest BCUT2D eigenvalue weighted by molar-refractivity contribution is -0.157. The summed E-state index contributed by atoms with van der Waals surface area (Å²) in [5.74, 6) is 0.600. The number of rotatable bonds is 6. The maximum Gasteiger partial charge on any atom is 0.309 e. The van der Waals surface area contributed by atoms with Gasteiger partial charge in [0, 0.05) is 5.38 Å². The van der Waals surface area contributed by atoms with Gasteiger partial charge in [0.2, 0.25) is 0 Å². The van der Waals surface area contributed by atoms with Crippen molar-refractivity contribution in [3.8, 4) is 0 Å². The minimum absolute atomic E-state index is 0.275. The Balaban J connectivity index is 1.91. The second kappa shape index (κ2) is 7.85. The summed E-state index contributed by atoms with van der Waals surface area (Å²) in [6.07, 6.45) is 13.3. The SMILES string of the molecule is CCCCCC1CCC(C(=O)O)(C2CCC(Cl)CC2)CC1. The Bertz CT molecular complexity index is 326. The molecule has 3 heteroatoms. The van der Waals surface area contributed by atoms with Crippen LogP contribution >= 0.6 is 11.6 Å². The van der Waals surface area contributed by atoms with Gasteiger partial charge in [-0.25, -0.2) is 0 Å². The van der Waals surface area contributed by atoms with Gasteiger partial charge in [0.25, 0.3) is 0 Å². The molecular formula is C18H31ClO2. The van der Waals surface area contributed by atoms with Crippen LogP contribution in [-0.4, -0.2) is 16.5 Å². The fraction of sp³-hybridized carbons (Fsp3) is 0.944. The monoisotopic (exact) mass is 314 g/mol. The topological polar surface area (TPSA) is 37.3 Å². The highest BCUT2D eigenvalue weighted by molar-refractivity contribution is 6.20. The molecule has 2 saturated carbocycles. The number of carbonyl (C=O) groups is 1. The van der Waals surface area contributed by atoms with E-state index >= 15 is 0 Å². The summed E-state index contributed by atoms with van der Waals surface area (Å²) in [5.41, 5.74) is -0.432. The van der Waals surface area contributed by atoms with E-state index in [1.54, 1.807) is 0 Å². The second-order valence-electron chi connectivity index (χ2n) is 7.35. The number of unbranched alkanes of at least 4 members (excludes halogenated alkanes) is 2. The molecule has 0 aromatic rings. The molecule has 0 saturated heterocycles. The first-order valence-corrected chi connectivity index (χ1v) is 9.39. The van der Waals surface area contributed by atoms with Gasteiger partial charge in [-0.05, 0) is 63.2 Å². The second-order valence-corrected chi connectivity index (χ2v) is 7.97. The van der Waals surface area contributed by atoms with Crippen LogP contribution in [0, 0.1) is 17.3 Å². The molecule has 2 fully saturated rings. The Labute approximate surface area is 134 Å². The molecule has 2 rings (SSSR count). The molecule has 0 atom stereocenters. The lowest BCUT2D eigenvalue weighted by atomic mass is 9.59. The third-order valence-electron chi connectivity index (χ3n) is 6.08. The summed E-state index contributed by atoms with van der Waals surface area (Å²) >= 11 is 6.19. The molecule has 2 nitrogen and oxygen atoms in total. The Kier molecular flexibility index (Phi) is 6.40. The number of hydrogen-bond donors (Lipinski definition) is 1. The van der Waals surface area contributed by atoms with Gasteiger partial charge in [0.15, 0.2) is 0 Å². The summed E-state index contributed by atoms with van der Waals surface area (Å²) in [4.78, 5) is 12.0. The summed E-state index contributed by atoms with van der Waals surface area (Å²) in [5, 5.41) is 10.1. The van der Waals surface area contributed by atoms with Crippen LogP contribution in [0.2, 0.25) is 0 Å². The highest BCUT2D eigenvalue weighted by Gasteiger charge is 2.48. The van der Waals surface area contributed by atoms with E-state index in [9.17, 15) is 9.90 Å². The minimum Gasteiger partial charge on any atom is -0.481 e. The minimum atomic E-state index is -0.535. The smallest absolute Gasteiger partial charge is 0.309 e. The summed E-state index contributed by atoms with van der Waals surface area (Å²) in [6, 6.07) is 0. The van der Waals surface area contributed by atoms with Crippen molar-refractivity contribution in [2.75, 3.05) is 0 Å². The third kappa shape index (κ3) is 4.15. The van der Waals surface area contributed by atoms with E-state index in [1.807, 2.05) is 0 Å². The zero-order valence-corrected chi connectivity index (χ0v) is 14.2. The molecule has 0 heterocycles. The van der Waals surface area contributed by atoms with Gasteiger partial charge in [-0.15, -0.1) is 11.6 Å². The van der Waals surface area contributed by atoms with Crippen molar-refractivity contribution in [3.63, 3.8) is 0 Å². The Morgan fingerprint density at radius 3 is 2.24 bits per heavy atom. The van der Waals surface area contributed by atoms with Crippen LogP contribution < -0.4 is 0 Å². The predicted octanol–water partition coefficient (Wildman–Crippen LogP) is 5.63. The molecule has 0 aliphatic heterocycles. The molecule has 21 heavy (non-hydrogen) atoms. The van der Waals surface area contributed by atoms with Gasteiger partial charge < -0.3 is 5.11 Å². The van der Waals surface area contributed by atoms with Crippen LogP contribution in [0.1, 0.15) is 84.0 Å². The van der Waals surface area contributed by atoms with Gasteiger partial charge in [-0.2, -0.15) is 0 Å². The Morgan fingerprint density at radius 2 is 1.71 bits per heavy atom. The van der Waals surface area contributed by atoms with Crippen molar-refractivity contribution in [3.05, 3.63) is 0 Å². The van der Waals surface area contributed by atoms with Gasteiger partial charge in [0.05, 0.1) is 5.41 Å². The molecular weight excluding hydrogens is 284 g/mol. The van der Waals surface area contributed by atoms with Crippen LogP contribution in [0.4, 0.5) is 0 Å². The molecule has 2 aliphatic carbocycles. The van der Waals surface area contributed by atoms with Crippen molar-refractivity contribution in [2.24, 2.45) is 17.3 Å². The molecule has 0 aromatic heterocycles. The molecule has 0 amide bonds. The lowest BCUT2D eigenvalue weighted by Gasteiger charge is -2.44. The van der Waals surface area contributed by atoms with Crippen LogP contribution in [0.15, 0.2) is 0 Å². The van der Waals surface area contributed by atoms with Crippen molar-refractivity contribution in [1.29, 1.82) is 0 Å². The first kappa shape index (κ1) is 17.1. The Hall–Kier alpha value is -0.240. The van der Waals surface area contributed by atoms with Crippen LogP contribution in [0.3, 0.4) is 0 Å². The largest absolute Gasteiger partial charge is 0.481 e. The third-order valence-corrected chi connectivity index (χ3v) is 6.51. The molecule has 0 aromatic carbocycles. The van der Waals surface area contributed by atoms with Crippen LogP contribution in [0.25, 0.3) is 0 Å². The maximum atomic E-state index is 12.0.